The van der Waals surface area contributed by atoms with Crippen molar-refractivity contribution in [3.05, 3.63) is 48.3 Å². The number of hydrogen-bond donors (Lipinski definition) is 0. The van der Waals surface area contributed by atoms with Gasteiger partial charge in [0.15, 0.2) is 0 Å². The first-order valence-electron chi connectivity index (χ1n) is 9.87. The summed E-state index contributed by atoms with van der Waals surface area (Å²) < 4.78 is 0. The van der Waals surface area contributed by atoms with Gasteiger partial charge in [0.25, 0.3) is 5.91 Å². The van der Waals surface area contributed by atoms with E-state index in [1.165, 1.54) is 12.8 Å². The molecule has 2 aliphatic heterocycles. The molecule has 0 N–H and O–H groups in total. The standard InChI is InChI=1S/C21H27N5O/c1-17-7-10-24(11-8-17)20-6-5-18(16-23-20)21(27)26-14-12-25(13-15-26)19-4-2-3-9-22-19/h2-6,9,16-17H,7-8,10-15H2,1H3. The van der Waals surface area contributed by atoms with Crippen molar-refractivity contribution in [2.45, 2.75) is 19.8 Å². The number of anilines is 2. The van der Waals surface area contributed by atoms with Crippen LogP contribution in [-0.4, -0.2) is 60.0 Å². The number of nitrogens with zero attached hydrogens (tertiary/aromatic N) is 5. The average Bonchev–Trinajstić information content (AvgIpc) is 2.75. The molecule has 2 saturated heterocycles. The monoisotopic (exact) mass is 365 g/mol. The van der Waals surface area contributed by atoms with E-state index in [1.807, 2.05) is 41.4 Å². The smallest absolute Gasteiger partial charge is 0.255 e. The van der Waals surface area contributed by atoms with Crippen LogP contribution in [0.4, 0.5) is 11.6 Å². The van der Waals surface area contributed by atoms with Crippen LogP contribution in [0, 0.1) is 5.92 Å². The van der Waals surface area contributed by atoms with E-state index in [0.717, 1.165) is 43.7 Å². The summed E-state index contributed by atoms with van der Waals surface area (Å²) in [5, 5.41) is 0. The zero-order valence-electron chi connectivity index (χ0n) is 15.9. The van der Waals surface area contributed by atoms with Crippen LogP contribution >= 0.6 is 0 Å². The van der Waals surface area contributed by atoms with Gasteiger partial charge in [0.1, 0.15) is 11.6 Å². The highest BCUT2D eigenvalue weighted by Gasteiger charge is 2.23. The number of amides is 1. The molecule has 0 spiro atoms. The first kappa shape index (κ1) is 17.8. The summed E-state index contributed by atoms with van der Waals surface area (Å²) in [6.45, 7) is 7.44. The Hall–Kier alpha value is -2.63. The molecule has 6 heteroatoms. The van der Waals surface area contributed by atoms with Gasteiger partial charge in [-0.1, -0.05) is 13.0 Å². The summed E-state index contributed by atoms with van der Waals surface area (Å²) in [4.78, 5) is 28.2. The van der Waals surface area contributed by atoms with Crippen molar-refractivity contribution in [1.29, 1.82) is 0 Å². The van der Waals surface area contributed by atoms with Gasteiger partial charge in [0, 0.05) is 51.7 Å². The highest BCUT2D eigenvalue weighted by molar-refractivity contribution is 5.94. The molecule has 2 fully saturated rings. The Morgan fingerprint density at radius 1 is 0.889 bits per heavy atom. The Kier molecular flexibility index (Phi) is 5.23. The molecule has 4 rings (SSSR count). The molecule has 0 atom stereocenters. The molecule has 0 unspecified atom stereocenters. The normalized spacial score (nSPS) is 18.6. The van der Waals surface area contributed by atoms with Gasteiger partial charge >= 0.3 is 0 Å². The van der Waals surface area contributed by atoms with E-state index in [-0.39, 0.29) is 5.91 Å². The number of hydrogen-bond acceptors (Lipinski definition) is 5. The van der Waals surface area contributed by atoms with Crippen molar-refractivity contribution in [3.63, 3.8) is 0 Å². The maximum absolute atomic E-state index is 12.8. The topological polar surface area (TPSA) is 52.6 Å². The number of aromatic nitrogens is 2. The summed E-state index contributed by atoms with van der Waals surface area (Å²) in [5.41, 5.74) is 0.676. The largest absolute Gasteiger partial charge is 0.357 e. The number of rotatable bonds is 3. The van der Waals surface area contributed by atoms with Gasteiger partial charge in [-0.3, -0.25) is 4.79 Å². The summed E-state index contributed by atoms with van der Waals surface area (Å²) in [7, 11) is 0. The van der Waals surface area contributed by atoms with Crippen molar-refractivity contribution in [1.82, 2.24) is 14.9 Å². The van der Waals surface area contributed by atoms with Crippen molar-refractivity contribution >= 4 is 17.5 Å². The Morgan fingerprint density at radius 2 is 1.59 bits per heavy atom. The van der Waals surface area contributed by atoms with Gasteiger partial charge < -0.3 is 14.7 Å². The Balaban J connectivity index is 1.35. The molecule has 0 aromatic carbocycles. The van der Waals surface area contributed by atoms with Gasteiger partial charge in [0.2, 0.25) is 0 Å². The fourth-order valence-corrected chi connectivity index (χ4v) is 3.80. The van der Waals surface area contributed by atoms with Gasteiger partial charge in [0.05, 0.1) is 5.56 Å². The molecular formula is C21H27N5O. The third kappa shape index (κ3) is 4.04. The number of piperazine rings is 1. The minimum absolute atomic E-state index is 0.0713. The molecule has 0 radical (unpaired) electrons. The number of carbonyl (C=O) groups excluding carboxylic acids is 1. The second kappa shape index (κ2) is 7.94. The molecule has 4 heterocycles. The predicted octanol–water partition coefficient (Wildman–Crippen LogP) is 2.68. The van der Waals surface area contributed by atoms with E-state index < -0.39 is 0 Å². The molecule has 0 bridgehead atoms. The van der Waals surface area contributed by atoms with Crippen LogP contribution in [0.5, 0.6) is 0 Å². The molecular weight excluding hydrogens is 338 g/mol. The van der Waals surface area contributed by atoms with Crippen molar-refractivity contribution in [2.75, 3.05) is 49.1 Å². The fraction of sp³-hybridized carbons (Fsp3) is 0.476. The molecule has 2 aromatic heterocycles. The van der Waals surface area contributed by atoms with E-state index in [4.69, 9.17) is 0 Å². The van der Waals surface area contributed by atoms with E-state index in [9.17, 15) is 4.79 Å². The maximum atomic E-state index is 12.8. The first-order chi connectivity index (χ1) is 13.2. The third-order valence-electron chi connectivity index (χ3n) is 5.64. The van der Waals surface area contributed by atoms with Gasteiger partial charge in [-0.15, -0.1) is 0 Å². The van der Waals surface area contributed by atoms with E-state index in [1.54, 1.807) is 6.20 Å². The highest BCUT2D eigenvalue weighted by Crippen LogP contribution is 2.22. The maximum Gasteiger partial charge on any atom is 0.255 e. The lowest BCUT2D eigenvalue weighted by atomic mass is 9.99. The average molecular weight is 365 g/mol. The number of carbonyl (C=O) groups is 1. The molecule has 0 aliphatic carbocycles. The van der Waals surface area contributed by atoms with E-state index >= 15 is 0 Å². The molecule has 2 aromatic rings. The fourth-order valence-electron chi connectivity index (χ4n) is 3.80. The quantitative estimate of drug-likeness (QED) is 0.837. The summed E-state index contributed by atoms with van der Waals surface area (Å²) >= 11 is 0. The predicted molar refractivity (Wildman–Crippen MR) is 107 cm³/mol. The minimum atomic E-state index is 0.0713. The molecule has 2 aliphatic rings. The minimum Gasteiger partial charge on any atom is -0.357 e. The summed E-state index contributed by atoms with van der Waals surface area (Å²) in [5.74, 6) is 2.83. The zero-order valence-corrected chi connectivity index (χ0v) is 15.9. The van der Waals surface area contributed by atoms with Crippen LogP contribution in [0.25, 0.3) is 0 Å². The van der Waals surface area contributed by atoms with Crippen LogP contribution in [0.15, 0.2) is 42.7 Å². The molecule has 142 valence electrons. The van der Waals surface area contributed by atoms with Gasteiger partial charge in [-0.05, 0) is 43.0 Å². The summed E-state index contributed by atoms with van der Waals surface area (Å²) in [6, 6.07) is 9.85. The first-order valence-corrected chi connectivity index (χ1v) is 9.87. The van der Waals surface area contributed by atoms with Crippen LogP contribution in [-0.2, 0) is 0 Å². The summed E-state index contributed by atoms with van der Waals surface area (Å²) in [6.07, 6.45) is 5.97. The van der Waals surface area contributed by atoms with Crippen LogP contribution in [0.2, 0.25) is 0 Å². The van der Waals surface area contributed by atoms with Gasteiger partial charge in [-0.25, -0.2) is 9.97 Å². The highest BCUT2D eigenvalue weighted by atomic mass is 16.2. The Bertz CT molecular complexity index is 748. The van der Waals surface area contributed by atoms with Crippen molar-refractivity contribution in [3.8, 4) is 0 Å². The van der Waals surface area contributed by atoms with Crippen LogP contribution in [0.3, 0.4) is 0 Å². The second-order valence-electron chi connectivity index (χ2n) is 7.54. The lowest BCUT2D eigenvalue weighted by Crippen LogP contribution is -2.49. The van der Waals surface area contributed by atoms with E-state index in [0.29, 0.717) is 18.7 Å². The van der Waals surface area contributed by atoms with Crippen LogP contribution in [0.1, 0.15) is 30.1 Å². The molecule has 27 heavy (non-hydrogen) atoms. The zero-order chi connectivity index (χ0) is 18.6. The second-order valence-corrected chi connectivity index (χ2v) is 7.54. The lowest BCUT2D eigenvalue weighted by Gasteiger charge is -2.35. The molecule has 1 amide bonds. The van der Waals surface area contributed by atoms with Crippen molar-refractivity contribution in [2.24, 2.45) is 5.92 Å². The van der Waals surface area contributed by atoms with Gasteiger partial charge in [-0.2, -0.15) is 0 Å². The lowest BCUT2D eigenvalue weighted by molar-refractivity contribution is 0.0746. The Labute approximate surface area is 160 Å². The molecule has 0 saturated carbocycles. The molecule has 6 nitrogen and oxygen atoms in total. The van der Waals surface area contributed by atoms with Crippen molar-refractivity contribution < 1.29 is 4.79 Å². The van der Waals surface area contributed by atoms with Crippen LogP contribution < -0.4 is 9.80 Å². The number of pyridine rings is 2. The SMILES string of the molecule is CC1CCN(c2ccc(C(=O)N3CCN(c4ccccn4)CC3)cn2)CC1. The Morgan fingerprint density at radius 3 is 2.22 bits per heavy atom. The number of piperidine rings is 1. The van der Waals surface area contributed by atoms with E-state index in [2.05, 4.69) is 26.7 Å². The third-order valence-corrected chi connectivity index (χ3v) is 5.64.